The van der Waals surface area contributed by atoms with E-state index in [2.05, 4.69) is 0 Å². The summed E-state index contributed by atoms with van der Waals surface area (Å²) in [5.41, 5.74) is 1.06. The molecule has 0 saturated heterocycles. The van der Waals surface area contributed by atoms with Crippen molar-refractivity contribution in [2.24, 2.45) is 5.92 Å². The van der Waals surface area contributed by atoms with E-state index in [0.717, 1.165) is 12.0 Å². The van der Waals surface area contributed by atoms with Gasteiger partial charge in [-0.1, -0.05) is 44.2 Å². The molecule has 0 aromatic heterocycles. The molecule has 0 aliphatic carbocycles. The first-order chi connectivity index (χ1) is 13.9. The van der Waals surface area contributed by atoms with Crippen LogP contribution in [0.3, 0.4) is 0 Å². The fourth-order valence-electron chi connectivity index (χ4n) is 3.22. The second kappa shape index (κ2) is 11.6. The molecule has 7 heteroatoms. The van der Waals surface area contributed by atoms with Crippen LogP contribution in [0.15, 0.2) is 47.3 Å². The summed E-state index contributed by atoms with van der Waals surface area (Å²) in [6.07, 6.45) is 5.58. The molecule has 0 radical (unpaired) electrons. The number of carbonyl (C=O) groups is 1. The van der Waals surface area contributed by atoms with E-state index in [9.17, 15) is 30.3 Å². The molecule has 1 aliphatic rings. The lowest BCUT2D eigenvalue weighted by molar-refractivity contribution is -0.214. The van der Waals surface area contributed by atoms with E-state index in [0.29, 0.717) is 0 Å². The van der Waals surface area contributed by atoms with Crippen LogP contribution < -0.4 is 0 Å². The van der Waals surface area contributed by atoms with Crippen LogP contribution in [0.25, 0.3) is 0 Å². The van der Waals surface area contributed by atoms with Gasteiger partial charge in [-0.3, -0.25) is 4.79 Å². The Morgan fingerprint density at radius 1 is 1.13 bits per heavy atom. The van der Waals surface area contributed by atoms with Gasteiger partial charge in [-0.15, -0.1) is 0 Å². The Morgan fingerprint density at radius 3 is 2.27 bits per heavy atom. The van der Waals surface area contributed by atoms with Crippen molar-refractivity contribution in [2.75, 3.05) is 0 Å². The minimum atomic E-state index is -2.33. The van der Waals surface area contributed by atoms with Gasteiger partial charge >= 0.3 is 0 Å². The van der Waals surface area contributed by atoms with Gasteiger partial charge in [-0.05, 0) is 32.8 Å². The summed E-state index contributed by atoms with van der Waals surface area (Å²) in [5.74, 6) is -3.04. The summed E-state index contributed by atoms with van der Waals surface area (Å²) < 4.78 is 5.21. The van der Waals surface area contributed by atoms with Crippen molar-refractivity contribution in [3.8, 4) is 0 Å². The molecule has 0 aromatic rings. The van der Waals surface area contributed by atoms with Crippen molar-refractivity contribution in [1.29, 1.82) is 0 Å². The summed E-state index contributed by atoms with van der Waals surface area (Å²) in [4.78, 5) is 12.1. The standard InChI is InChI=1S/C23H36O7/c1-6-9-14(2)21(27)15(3)10-7-8-11-18(25)12-19(26)13-20-16(4)22(28)23(29,30-20)17(5)24/h7-11,15,17-19,21,24-27,29H,6,12-13H2,1-5H3/b10-7+,11-8+,14-9+/t15-,17?,18?,19-,21+,23?/m1/s1. The lowest BCUT2D eigenvalue weighted by Gasteiger charge is -2.25. The van der Waals surface area contributed by atoms with Crippen molar-refractivity contribution in [3.05, 3.63) is 47.3 Å². The molecule has 7 nitrogen and oxygen atoms in total. The molecule has 170 valence electrons. The zero-order valence-electron chi connectivity index (χ0n) is 18.4. The maximum Gasteiger partial charge on any atom is 0.298 e. The van der Waals surface area contributed by atoms with E-state index in [-0.39, 0.29) is 30.1 Å². The summed E-state index contributed by atoms with van der Waals surface area (Å²) in [5, 5.41) is 50.2. The van der Waals surface area contributed by atoms with E-state index in [4.69, 9.17) is 4.74 Å². The first kappa shape index (κ1) is 26.3. The molecular weight excluding hydrogens is 388 g/mol. The quantitative estimate of drug-likeness (QED) is 0.253. The normalized spacial score (nSPS) is 25.7. The molecule has 0 saturated carbocycles. The van der Waals surface area contributed by atoms with Crippen LogP contribution in [0.2, 0.25) is 0 Å². The maximum absolute atomic E-state index is 12.1. The van der Waals surface area contributed by atoms with Gasteiger partial charge < -0.3 is 30.3 Å². The zero-order valence-corrected chi connectivity index (χ0v) is 18.4. The van der Waals surface area contributed by atoms with Crippen LogP contribution in [0.4, 0.5) is 0 Å². The minimum absolute atomic E-state index is 0.00228. The third kappa shape index (κ3) is 6.89. The van der Waals surface area contributed by atoms with E-state index in [1.165, 1.54) is 19.9 Å². The SMILES string of the molecule is CC/C=C(\C)[C@H](O)[C@H](C)/C=C/C=C/C(O)C[C@@H](O)CC1=C(C)C(=O)C(O)(C(C)O)O1. The van der Waals surface area contributed by atoms with Crippen LogP contribution in [0.1, 0.15) is 53.9 Å². The second-order valence-electron chi connectivity index (χ2n) is 7.94. The molecule has 0 aromatic carbocycles. The predicted molar refractivity (Wildman–Crippen MR) is 114 cm³/mol. The third-order valence-corrected chi connectivity index (χ3v) is 5.21. The van der Waals surface area contributed by atoms with E-state index in [1.807, 2.05) is 32.9 Å². The minimum Gasteiger partial charge on any atom is -0.456 e. The fourth-order valence-corrected chi connectivity index (χ4v) is 3.22. The van der Waals surface area contributed by atoms with Gasteiger partial charge in [0.05, 0.1) is 18.3 Å². The van der Waals surface area contributed by atoms with Crippen molar-refractivity contribution < 1.29 is 35.1 Å². The molecule has 5 N–H and O–H groups in total. The third-order valence-electron chi connectivity index (χ3n) is 5.21. The summed E-state index contributed by atoms with van der Waals surface area (Å²) >= 11 is 0. The zero-order chi connectivity index (χ0) is 23.1. The lowest BCUT2D eigenvalue weighted by Crippen LogP contribution is -2.47. The van der Waals surface area contributed by atoms with Crippen molar-refractivity contribution in [1.82, 2.24) is 0 Å². The molecule has 1 heterocycles. The number of allylic oxidation sites excluding steroid dienone is 3. The summed E-state index contributed by atoms with van der Waals surface area (Å²) in [7, 11) is 0. The van der Waals surface area contributed by atoms with Crippen LogP contribution in [0.5, 0.6) is 0 Å². The highest BCUT2D eigenvalue weighted by Crippen LogP contribution is 2.34. The average Bonchev–Trinajstić information content (AvgIpc) is 2.89. The Morgan fingerprint density at radius 2 is 1.73 bits per heavy atom. The number of aliphatic hydroxyl groups is 5. The smallest absolute Gasteiger partial charge is 0.298 e. The topological polar surface area (TPSA) is 127 Å². The van der Waals surface area contributed by atoms with Gasteiger partial charge in [0, 0.05) is 24.3 Å². The Kier molecular flexibility index (Phi) is 10.1. The Labute approximate surface area is 178 Å². The number of ketones is 1. The number of carbonyl (C=O) groups excluding carboxylic acids is 1. The van der Waals surface area contributed by atoms with Gasteiger partial charge in [0.1, 0.15) is 11.9 Å². The molecule has 0 bridgehead atoms. The summed E-state index contributed by atoms with van der Waals surface area (Å²) in [6, 6.07) is 0. The average molecular weight is 425 g/mol. The molecule has 3 unspecified atom stereocenters. The second-order valence-corrected chi connectivity index (χ2v) is 7.94. The van der Waals surface area contributed by atoms with E-state index in [1.54, 1.807) is 12.2 Å². The highest BCUT2D eigenvalue weighted by atomic mass is 16.6. The first-order valence-electron chi connectivity index (χ1n) is 10.3. The molecule has 30 heavy (non-hydrogen) atoms. The van der Waals surface area contributed by atoms with E-state index >= 15 is 0 Å². The number of ether oxygens (including phenoxy) is 1. The molecule has 1 rings (SSSR count). The van der Waals surface area contributed by atoms with Crippen LogP contribution in [0, 0.1) is 5.92 Å². The Hall–Kier alpha value is -1.77. The van der Waals surface area contributed by atoms with Gasteiger partial charge in [0.25, 0.3) is 5.79 Å². The van der Waals surface area contributed by atoms with Crippen molar-refractivity contribution in [2.45, 2.75) is 84.1 Å². The number of rotatable bonds is 11. The molecular formula is C23H36O7. The van der Waals surface area contributed by atoms with Crippen LogP contribution in [-0.4, -0.2) is 61.5 Å². The largest absolute Gasteiger partial charge is 0.456 e. The predicted octanol–water partition coefficient (Wildman–Crippen LogP) is 1.90. The number of hydrogen-bond acceptors (Lipinski definition) is 7. The van der Waals surface area contributed by atoms with E-state index < -0.39 is 36.0 Å². The van der Waals surface area contributed by atoms with Gasteiger partial charge in [-0.25, -0.2) is 0 Å². The van der Waals surface area contributed by atoms with Crippen molar-refractivity contribution in [3.63, 3.8) is 0 Å². The van der Waals surface area contributed by atoms with Gasteiger partial charge in [0.2, 0.25) is 5.78 Å². The first-order valence-corrected chi connectivity index (χ1v) is 10.3. The molecule has 0 spiro atoms. The Balaban J connectivity index is 2.56. The lowest BCUT2D eigenvalue weighted by atomic mass is 9.97. The van der Waals surface area contributed by atoms with Crippen LogP contribution >= 0.6 is 0 Å². The molecule has 0 fully saturated rings. The number of hydrogen-bond donors (Lipinski definition) is 5. The highest BCUT2D eigenvalue weighted by molar-refractivity contribution is 6.03. The molecule has 0 amide bonds. The fraction of sp³-hybridized carbons (Fsp3) is 0.609. The number of aliphatic hydroxyl groups excluding tert-OH is 4. The van der Waals surface area contributed by atoms with Gasteiger partial charge in [0.15, 0.2) is 0 Å². The number of Topliss-reactive ketones (excluding diaryl/α,β-unsaturated/α-hetero) is 1. The maximum atomic E-state index is 12.1. The highest BCUT2D eigenvalue weighted by Gasteiger charge is 2.50. The molecule has 6 atom stereocenters. The van der Waals surface area contributed by atoms with Crippen LogP contribution in [-0.2, 0) is 9.53 Å². The summed E-state index contributed by atoms with van der Waals surface area (Å²) in [6.45, 7) is 8.50. The van der Waals surface area contributed by atoms with Crippen molar-refractivity contribution >= 4 is 5.78 Å². The van der Waals surface area contributed by atoms with Gasteiger partial charge in [-0.2, -0.15) is 0 Å². The molecule has 1 aliphatic heterocycles. The Bertz CT molecular complexity index is 704. The monoisotopic (exact) mass is 424 g/mol.